The zero-order chi connectivity index (χ0) is 22.8. The van der Waals surface area contributed by atoms with Crippen LogP contribution in [0.1, 0.15) is 43.7 Å². The molecular weight excluding hydrogens is 410 g/mol. The lowest BCUT2D eigenvalue weighted by molar-refractivity contribution is -0.183. The van der Waals surface area contributed by atoms with E-state index in [1.165, 1.54) is 10.1 Å². The summed E-state index contributed by atoms with van der Waals surface area (Å²) in [6.45, 7) is 2.92. The summed E-state index contributed by atoms with van der Waals surface area (Å²) in [5.74, 6) is 6.78. The van der Waals surface area contributed by atoms with Gasteiger partial charge in [0, 0.05) is 0 Å². The maximum atomic E-state index is 13.1. The van der Waals surface area contributed by atoms with E-state index in [2.05, 4.69) is 6.92 Å². The van der Waals surface area contributed by atoms with Gasteiger partial charge in [0.15, 0.2) is 11.5 Å². The van der Waals surface area contributed by atoms with Gasteiger partial charge in [-0.15, -0.1) is 0 Å². The summed E-state index contributed by atoms with van der Waals surface area (Å²) < 4.78 is 10.7. The van der Waals surface area contributed by atoms with Gasteiger partial charge in [0.25, 0.3) is 0 Å². The fourth-order valence-corrected chi connectivity index (χ4v) is 3.56. The smallest absolute Gasteiger partial charge is 0.241 e. The number of nitrogens with two attached hydrogens (primary N) is 1. The van der Waals surface area contributed by atoms with E-state index in [0.29, 0.717) is 24.3 Å². The molecule has 32 heavy (non-hydrogen) atoms. The number of carbonyl (C=O) groups excluding carboxylic acids is 2. The average molecular weight is 442 g/mol. The Morgan fingerprint density at radius 3 is 2.66 bits per heavy atom. The lowest BCUT2D eigenvalue weighted by Gasteiger charge is -2.27. The first-order chi connectivity index (χ1) is 15.6. The minimum atomic E-state index is -0.457. The molecule has 0 radical (unpaired) electrons. The van der Waals surface area contributed by atoms with Crippen molar-refractivity contribution in [2.24, 2.45) is 11.8 Å². The lowest BCUT2D eigenvalue weighted by Crippen LogP contribution is -2.44. The third kappa shape index (κ3) is 6.70. The highest BCUT2D eigenvalue weighted by atomic mass is 16.7. The van der Waals surface area contributed by atoms with Crippen molar-refractivity contribution in [3.63, 3.8) is 0 Å². The van der Waals surface area contributed by atoms with Gasteiger partial charge >= 0.3 is 0 Å². The van der Waals surface area contributed by atoms with Crippen molar-refractivity contribution in [3.8, 4) is 11.5 Å². The van der Waals surface area contributed by atoms with Crippen LogP contribution in [0.15, 0.2) is 48.5 Å². The first-order valence-electron chi connectivity index (χ1n) is 10.9. The molecule has 1 atom stereocenters. The Kier molecular flexibility index (Phi) is 8.89. The number of carbonyl (C=O) groups is 2. The number of nitrogens with zero attached hydrogens (tertiary/aromatic N) is 2. The number of hydrogen-bond donors (Lipinski definition) is 1. The fraction of sp³-hybridized carbons (Fsp3) is 0.417. The molecule has 172 valence electrons. The topological polar surface area (TPSA) is 94.3 Å². The molecule has 3 rings (SSSR count). The number of benzene rings is 2. The summed E-state index contributed by atoms with van der Waals surface area (Å²) in [5, 5.41) is 2.39. The monoisotopic (exact) mass is 441 g/mol. The fourth-order valence-electron chi connectivity index (χ4n) is 3.56. The highest BCUT2D eigenvalue weighted by molar-refractivity contribution is 5.78. The number of unbranched alkanes of at least 4 members (excludes halogenated alkanes) is 2. The largest absolute Gasteiger partial charge is 0.454 e. The summed E-state index contributed by atoms with van der Waals surface area (Å²) >= 11 is 0. The van der Waals surface area contributed by atoms with Crippen molar-refractivity contribution in [1.82, 2.24) is 10.1 Å². The molecule has 1 aliphatic heterocycles. The molecule has 0 saturated heterocycles. The second-order valence-electron chi connectivity index (χ2n) is 7.81. The molecule has 1 aliphatic rings. The van der Waals surface area contributed by atoms with Crippen molar-refractivity contribution in [2.75, 3.05) is 13.3 Å². The molecule has 0 fully saturated rings. The van der Waals surface area contributed by atoms with Gasteiger partial charge < -0.3 is 9.47 Å². The highest BCUT2D eigenvalue weighted by Gasteiger charge is 2.26. The van der Waals surface area contributed by atoms with Crippen LogP contribution in [-0.4, -0.2) is 35.7 Å². The standard InChI is InChI=1S/C24H31N3O5/c1-2-3-5-10-21(15-26(17-28)32-16-19-8-6-4-7-9-19)24(29)27(25)14-20-11-12-22-23(13-20)31-18-30-22/h4,6-9,11-13,17,21H,2-3,5,10,14-16,18,25H2,1H3/t21-/m1/s1. The van der Waals surface area contributed by atoms with E-state index in [4.69, 9.17) is 20.2 Å². The van der Waals surface area contributed by atoms with Gasteiger partial charge in [-0.3, -0.25) is 19.4 Å². The molecule has 8 heteroatoms. The molecule has 0 spiro atoms. The van der Waals surface area contributed by atoms with Crippen molar-refractivity contribution in [1.29, 1.82) is 0 Å². The van der Waals surface area contributed by atoms with Crippen LogP contribution >= 0.6 is 0 Å². The zero-order valence-corrected chi connectivity index (χ0v) is 18.4. The Morgan fingerprint density at radius 1 is 1.12 bits per heavy atom. The molecule has 2 aromatic rings. The molecule has 8 nitrogen and oxygen atoms in total. The second kappa shape index (κ2) is 12.1. The Labute approximate surface area is 188 Å². The Hall–Kier alpha value is -3.10. The van der Waals surface area contributed by atoms with Crippen LogP contribution in [0.4, 0.5) is 0 Å². The summed E-state index contributed by atoms with van der Waals surface area (Å²) in [5.41, 5.74) is 1.78. The zero-order valence-electron chi connectivity index (χ0n) is 18.4. The van der Waals surface area contributed by atoms with Crippen molar-refractivity contribution in [3.05, 3.63) is 59.7 Å². The molecule has 0 bridgehead atoms. The van der Waals surface area contributed by atoms with Gasteiger partial charge in [0.2, 0.25) is 19.1 Å². The van der Waals surface area contributed by atoms with Gasteiger partial charge in [0.1, 0.15) is 6.61 Å². The molecule has 1 heterocycles. The van der Waals surface area contributed by atoms with Crippen LogP contribution in [0.3, 0.4) is 0 Å². The van der Waals surface area contributed by atoms with Gasteiger partial charge in [-0.1, -0.05) is 62.6 Å². The van der Waals surface area contributed by atoms with E-state index in [9.17, 15) is 9.59 Å². The molecule has 0 aliphatic carbocycles. The minimum absolute atomic E-state index is 0.147. The van der Waals surface area contributed by atoms with E-state index < -0.39 is 5.92 Å². The Bertz CT molecular complexity index is 877. The Balaban J connectivity index is 1.61. The van der Waals surface area contributed by atoms with Crippen molar-refractivity contribution < 1.29 is 23.9 Å². The predicted octanol–water partition coefficient (Wildman–Crippen LogP) is 3.40. The maximum absolute atomic E-state index is 13.1. The number of hydrazine groups is 1. The van der Waals surface area contributed by atoms with E-state index in [-0.39, 0.29) is 32.4 Å². The summed E-state index contributed by atoms with van der Waals surface area (Å²) in [4.78, 5) is 30.4. The number of hydroxylamine groups is 2. The SMILES string of the molecule is CCCCC[C@H](CN(C=O)OCc1ccccc1)C(=O)N(N)Cc1ccc2c(c1)OCO2. The second-order valence-corrected chi connectivity index (χ2v) is 7.81. The quantitative estimate of drug-likeness (QED) is 0.168. The van der Waals surface area contributed by atoms with Crippen LogP contribution in [0, 0.1) is 5.92 Å². The highest BCUT2D eigenvalue weighted by Crippen LogP contribution is 2.32. The molecule has 0 unspecified atom stereocenters. The number of ether oxygens (including phenoxy) is 2. The summed E-state index contributed by atoms with van der Waals surface area (Å²) in [6.07, 6.45) is 4.15. The number of hydrogen-bond acceptors (Lipinski definition) is 6. The van der Waals surface area contributed by atoms with Crippen LogP contribution in [-0.2, 0) is 27.6 Å². The molecule has 2 amide bonds. The van der Waals surface area contributed by atoms with Crippen molar-refractivity contribution in [2.45, 2.75) is 45.8 Å². The third-order valence-electron chi connectivity index (χ3n) is 5.34. The molecule has 2 aromatic carbocycles. The van der Waals surface area contributed by atoms with Crippen LogP contribution in [0.25, 0.3) is 0 Å². The maximum Gasteiger partial charge on any atom is 0.241 e. The molecule has 0 saturated carbocycles. The van der Waals surface area contributed by atoms with Crippen LogP contribution in [0.2, 0.25) is 0 Å². The number of fused-ring (bicyclic) bond motifs is 1. The van der Waals surface area contributed by atoms with E-state index >= 15 is 0 Å². The molecular formula is C24H31N3O5. The number of rotatable bonds is 13. The van der Waals surface area contributed by atoms with E-state index in [0.717, 1.165) is 30.4 Å². The lowest BCUT2D eigenvalue weighted by atomic mass is 9.99. The summed E-state index contributed by atoms with van der Waals surface area (Å²) in [7, 11) is 0. The van der Waals surface area contributed by atoms with Gasteiger partial charge in [-0.25, -0.2) is 10.9 Å². The summed E-state index contributed by atoms with van der Waals surface area (Å²) in [6, 6.07) is 15.0. The third-order valence-corrected chi connectivity index (χ3v) is 5.34. The van der Waals surface area contributed by atoms with Crippen LogP contribution in [0.5, 0.6) is 11.5 Å². The molecule has 0 aromatic heterocycles. The minimum Gasteiger partial charge on any atom is -0.454 e. The van der Waals surface area contributed by atoms with Crippen LogP contribution < -0.4 is 15.3 Å². The predicted molar refractivity (Wildman–Crippen MR) is 119 cm³/mol. The van der Waals surface area contributed by atoms with E-state index in [1.54, 1.807) is 6.07 Å². The number of amides is 2. The van der Waals surface area contributed by atoms with Crippen molar-refractivity contribution >= 4 is 12.3 Å². The van der Waals surface area contributed by atoms with E-state index in [1.807, 2.05) is 42.5 Å². The van der Waals surface area contributed by atoms with Gasteiger partial charge in [-0.2, -0.15) is 0 Å². The van der Waals surface area contributed by atoms with Gasteiger partial charge in [-0.05, 0) is 29.7 Å². The van der Waals surface area contributed by atoms with Gasteiger partial charge in [0.05, 0.1) is 19.0 Å². The Morgan fingerprint density at radius 2 is 1.91 bits per heavy atom. The first kappa shape index (κ1) is 23.6. The first-order valence-corrected chi connectivity index (χ1v) is 10.9. The molecule has 2 N–H and O–H groups in total. The normalized spacial score (nSPS) is 12.9. The average Bonchev–Trinajstić information content (AvgIpc) is 3.29.